The number of aromatic hydroxyl groups is 1. The quantitative estimate of drug-likeness (QED) is 0.662. The Labute approximate surface area is 86.9 Å². The molecule has 2 aromatic rings. The molecular weight excluding hydrogens is 166 g/mol. The van der Waals surface area contributed by atoms with Gasteiger partial charge in [-0.1, -0.05) is 0 Å². The molecule has 2 rings (SSSR count). The van der Waals surface area contributed by atoms with Gasteiger partial charge >= 0.3 is 0 Å². The number of phenols is 1. The van der Waals surface area contributed by atoms with Crippen LogP contribution in [0.4, 0.5) is 0 Å². The Morgan fingerprint density at radius 3 is 3.15 bits per heavy atom. The van der Waals surface area contributed by atoms with Gasteiger partial charge in [-0.05, 0) is 30.1 Å². The molecule has 0 fully saturated rings. The summed E-state index contributed by atoms with van der Waals surface area (Å²) < 4.78 is 60.2. The minimum Gasteiger partial charge on any atom is -0.508 e. The number of nitrogens with one attached hydrogen (secondary N) is 1. The maximum atomic E-state index is 9.64. The third-order valence-electron chi connectivity index (χ3n) is 1.54. The number of aryl methyl sites for hydroxylation is 1. The van der Waals surface area contributed by atoms with E-state index in [0.717, 1.165) is 0 Å². The number of hydrogen-bond donors (Lipinski definition) is 3. The molecule has 0 radical (unpaired) electrons. The Hall–Kier alpha value is -1.48. The van der Waals surface area contributed by atoms with Crippen molar-refractivity contribution in [1.82, 2.24) is 4.98 Å². The van der Waals surface area contributed by atoms with Gasteiger partial charge in [0.2, 0.25) is 0 Å². The molecule has 1 aromatic heterocycles. The van der Waals surface area contributed by atoms with E-state index in [2.05, 4.69) is 4.98 Å². The smallest absolute Gasteiger partial charge is 0.116 e. The van der Waals surface area contributed by atoms with Gasteiger partial charge in [-0.3, -0.25) is 0 Å². The fourth-order valence-electron chi connectivity index (χ4n) is 1.01. The molecule has 0 bridgehead atoms. The van der Waals surface area contributed by atoms with Crippen LogP contribution in [0.5, 0.6) is 5.75 Å². The highest BCUT2D eigenvalue weighted by Gasteiger charge is 2.02. The summed E-state index contributed by atoms with van der Waals surface area (Å²) in [6, 6.07) is -1.91. The average Bonchev–Trinajstić information content (AvgIpc) is 2.70. The highest BCUT2D eigenvalue weighted by molar-refractivity contribution is 5.84. The Bertz CT molecular complexity index is 733. The van der Waals surface area contributed by atoms with Crippen molar-refractivity contribution in [1.29, 1.82) is 0 Å². The molecule has 1 heterocycles. The Morgan fingerprint density at radius 1 is 1.54 bits per heavy atom. The van der Waals surface area contributed by atoms with Crippen molar-refractivity contribution in [3.8, 4) is 5.75 Å². The number of fused-ring (bicyclic) bond motifs is 1. The van der Waals surface area contributed by atoms with Gasteiger partial charge in [-0.2, -0.15) is 0 Å². The van der Waals surface area contributed by atoms with Crippen LogP contribution >= 0.6 is 0 Å². The van der Waals surface area contributed by atoms with Crippen LogP contribution in [0.25, 0.3) is 10.9 Å². The predicted octanol–water partition coefficient (Wildman–Crippen LogP) is 1.41. The van der Waals surface area contributed by atoms with Crippen LogP contribution in [0.2, 0.25) is 0 Å². The number of benzene rings is 1. The van der Waals surface area contributed by atoms with Crippen LogP contribution in [0.15, 0.2) is 24.3 Å². The standard InChI is InChI=1S/C10H11NO2/c12-4-3-7-6-11-10-2-1-8(13)5-9(7)10/h1-2,5-6,11-13H,3-4H2/i1D,2D,3D2,4D2,5D,6D. The Morgan fingerprint density at radius 2 is 2.38 bits per heavy atom. The fraction of sp³-hybridized carbons (Fsp3) is 0.200. The number of rotatable bonds is 2. The molecule has 3 nitrogen and oxygen atoms in total. The molecule has 3 heteroatoms. The van der Waals surface area contributed by atoms with Crippen molar-refractivity contribution in [3.05, 3.63) is 29.9 Å². The Kier molecular flexibility index (Phi) is 0.723. The third kappa shape index (κ3) is 1.38. The molecule has 0 aliphatic heterocycles. The SMILES string of the molecule is [2H]c1[nH]c2c([2H])c([2H])c(O)c([2H])c2c1C([2H])([2H])C([2H])([2H])O. The summed E-state index contributed by atoms with van der Waals surface area (Å²) in [6.45, 7) is -3.35. The number of aliphatic hydroxyl groups is 1. The van der Waals surface area contributed by atoms with Gasteiger partial charge in [0.05, 0.1) is 8.22 Å². The molecule has 0 spiro atoms. The third-order valence-corrected chi connectivity index (χ3v) is 1.54. The van der Waals surface area contributed by atoms with Crippen molar-refractivity contribution < 1.29 is 21.2 Å². The highest BCUT2D eigenvalue weighted by Crippen LogP contribution is 2.22. The van der Waals surface area contributed by atoms with E-state index in [1.165, 1.54) is 0 Å². The van der Waals surface area contributed by atoms with E-state index in [1.807, 2.05) is 0 Å². The van der Waals surface area contributed by atoms with Gasteiger partial charge in [-0.15, -0.1) is 0 Å². The van der Waals surface area contributed by atoms with Crippen LogP contribution in [0, 0.1) is 0 Å². The number of aromatic amines is 1. The van der Waals surface area contributed by atoms with E-state index in [9.17, 15) is 10.2 Å². The zero-order valence-corrected chi connectivity index (χ0v) is 6.39. The van der Waals surface area contributed by atoms with Crippen molar-refractivity contribution >= 4 is 10.9 Å². The summed E-state index contributed by atoms with van der Waals surface area (Å²) in [5, 5.41) is 18.6. The molecule has 0 aliphatic carbocycles. The first-order valence-corrected chi connectivity index (χ1v) is 3.45. The molecule has 0 saturated carbocycles. The van der Waals surface area contributed by atoms with E-state index < -0.39 is 53.9 Å². The van der Waals surface area contributed by atoms with Crippen LogP contribution in [-0.4, -0.2) is 21.8 Å². The number of hydrogen-bond acceptors (Lipinski definition) is 2. The summed E-state index contributed by atoms with van der Waals surface area (Å²) in [5.74, 6) is -0.873. The van der Waals surface area contributed by atoms with Gasteiger partial charge in [-0.25, -0.2) is 0 Å². The van der Waals surface area contributed by atoms with Gasteiger partial charge in [0.25, 0.3) is 0 Å². The molecule has 0 unspecified atom stereocenters. The lowest BCUT2D eigenvalue weighted by atomic mass is 10.1. The minimum absolute atomic E-state index is 0.240. The summed E-state index contributed by atoms with van der Waals surface area (Å²) >= 11 is 0. The molecule has 0 atom stereocenters. The molecule has 1 aromatic carbocycles. The van der Waals surface area contributed by atoms with E-state index in [4.69, 9.17) is 11.0 Å². The first-order chi connectivity index (χ1) is 9.41. The molecule has 68 valence electrons. The monoisotopic (exact) mass is 185 g/mol. The molecular formula is C10H11NO2. The highest BCUT2D eigenvalue weighted by atomic mass is 16.3. The maximum absolute atomic E-state index is 9.64. The van der Waals surface area contributed by atoms with Gasteiger partial charge in [0, 0.05) is 26.4 Å². The van der Waals surface area contributed by atoms with Crippen LogP contribution in [0.3, 0.4) is 0 Å². The summed E-state index contributed by atoms with van der Waals surface area (Å²) in [6.07, 6.45) is -3.69. The van der Waals surface area contributed by atoms with E-state index in [-0.39, 0.29) is 5.52 Å². The zero-order valence-electron chi connectivity index (χ0n) is 14.4. The largest absolute Gasteiger partial charge is 0.508 e. The predicted molar refractivity (Wildman–Crippen MR) is 50.8 cm³/mol. The van der Waals surface area contributed by atoms with Crippen molar-refractivity contribution in [2.75, 3.05) is 6.56 Å². The summed E-state index contributed by atoms with van der Waals surface area (Å²) in [7, 11) is 0. The van der Waals surface area contributed by atoms with E-state index in [0.29, 0.717) is 0 Å². The van der Waals surface area contributed by atoms with Crippen LogP contribution in [-0.2, 0) is 6.37 Å². The topological polar surface area (TPSA) is 56.2 Å². The van der Waals surface area contributed by atoms with E-state index >= 15 is 0 Å². The number of H-pyrrole nitrogens is 1. The fourth-order valence-corrected chi connectivity index (χ4v) is 1.01. The molecule has 13 heavy (non-hydrogen) atoms. The average molecular weight is 185 g/mol. The van der Waals surface area contributed by atoms with Gasteiger partial charge < -0.3 is 15.2 Å². The second-order valence-electron chi connectivity index (χ2n) is 2.34. The Balaban J connectivity index is 3.00. The van der Waals surface area contributed by atoms with Crippen LogP contribution in [0.1, 0.15) is 16.5 Å². The summed E-state index contributed by atoms with van der Waals surface area (Å²) in [4.78, 5) is 2.29. The molecule has 3 N–H and O–H groups in total. The molecule has 0 saturated heterocycles. The lowest BCUT2D eigenvalue weighted by Crippen LogP contribution is -1.87. The molecule has 0 amide bonds. The summed E-state index contributed by atoms with van der Waals surface area (Å²) in [5.41, 5.74) is -0.922. The number of aromatic nitrogens is 1. The lowest BCUT2D eigenvalue weighted by molar-refractivity contribution is 0.300. The van der Waals surface area contributed by atoms with E-state index in [1.54, 1.807) is 0 Å². The first-order valence-electron chi connectivity index (χ1n) is 7.45. The van der Waals surface area contributed by atoms with Gasteiger partial charge in [0.1, 0.15) is 5.75 Å². The van der Waals surface area contributed by atoms with Crippen LogP contribution < -0.4 is 0 Å². The first kappa shape index (κ1) is 3.03. The second-order valence-corrected chi connectivity index (χ2v) is 2.34. The maximum Gasteiger partial charge on any atom is 0.116 e. The minimum atomic E-state index is -3.35. The molecule has 0 aliphatic rings. The van der Waals surface area contributed by atoms with Gasteiger partial charge in [0.15, 0.2) is 0 Å². The number of phenolic OH excluding ortho intramolecular Hbond substituents is 1. The van der Waals surface area contributed by atoms with Crippen molar-refractivity contribution in [2.45, 2.75) is 6.37 Å². The van der Waals surface area contributed by atoms with Crippen molar-refractivity contribution in [2.24, 2.45) is 0 Å². The zero-order chi connectivity index (χ0) is 16.3. The normalized spacial score (nSPS) is 21.9. The van der Waals surface area contributed by atoms with Crippen molar-refractivity contribution in [3.63, 3.8) is 0 Å². The lowest BCUT2D eigenvalue weighted by Gasteiger charge is -1.96. The second kappa shape index (κ2) is 3.11.